The number of fused-ring (bicyclic) bond motifs is 1. The van der Waals surface area contributed by atoms with E-state index in [2.05, 4.69) is 23.7 Å². The van der Waals surface area contributed by atoms with Crippen molar-refractivity contribution in [2.75, 3.05) is 19.6 Å². The number of aromatic nitrogens is 2. The largest absolute Gasteiger partial charge is 0.356 e. The van der Waals surface area contributed by atoms with Crippen LogP contribution < -0.4 is 5.32 Å². The lowest BCUT2D eigenvalue weighted by atomic mass is 10.0. The molecule has 0 bridgehead atoms. The molecule has 6 heteroatoms. The van der Waals surface area contributed by atoms with Crippen molar-refractivity contribution in [1.29, 1.82) is 0 Å². The average Bonchev–Trinajstić information content (AvgIpc) is 3.09. The van der Waals surface area contributed by atoms with Crippen LogP contribution in [0.2, 0.25) is 0 Å². The van der Waals surface area contributed by atoms with Gasteiger partial charge in [-0.2, -0.15) is 0 Å². The number of hydrogen-bond donors (Lipinski definition) is 1. The number of nitrogens with zero attached hydrogens (tertiary/aromatic N) is 3. The second kappa shape index (κ2) is 12.4. The van der Waals surface area contributed by atoms with Gasteiger partial charge in [0.25, 0.3) is 0 Å². The fourth-order valence-electron chi connectivity index (χ4n) is 3.90. The van der Waals surface area contributed by atoms with Gasteiger partial charge in [-0.05, 0) is 51.7 Å². The van der Waals surface area contributed by atoms with E-state index in [9.17, 15) is 9.59 Å². The zero-order chi connectivity index (χ0) is 21.9. The van der Waals surface area contributed by atoms with Crippen LogP contribution in [0.15, 0.2) is 24.3 Å². The van der Waals surface area contributed by atoms with E-state index in [1.165, 1.54) is 0 Å². The molecule has 2 aromatic rings. The van der Waals surface area contributed by atoms with Gasteiger partial charge in [-0.1, -0.05) is 32.4 Å². The van der Waals surface area contributed by atoms with Gasteiger partial charge in [0.1, 0.15) is 12.4 Å². The maximum atomic E-state index is 12.7. The van der Waals surface area contributed by atoms with Crippen molar-refractivity contribution in [1.82, 2.24) is 19.8 Å². The summed E-state index contributed by atoms with van der Waals surface area (Å²) in [5.41, 5.74) is 1.96. The molecule has 0 aliphatic carbocycles. The number of para-hydroxylation sites is 2. The van der Waals surface area contributed by atoms with E-state index in [1.807, 2.05) is 43.0 Å². The Labute approximate surface area is 181 Å². The van der Waals surface area contributed by atoms with Crippen LogP contribution in [-0.2, 0) is 22.6 Å². The second-order valence-corrected chi connectivity index (χ2v) is 7.78. The lowest BCUT2D eigenvalue weighted by molar-refractivity contribution is -0.131. The molecule has 0 saturated carbocycles. The van der Waals surface area contributed by atoms with Crippen molar-refractivity contribution in [2.45, 2.75) is 72.8 Å². The minimum absolute atomic E-state index is 0.133. The lowest BCUT2D eigenvalue weighted by Crippen LogP contribution is -2.33. The molecule has 1 N–H and O–H groups in total. The number of amides is 2. The molecule has 0 fully saturated rings. The standard InChI is InChI=1S/C24H38N4O2/c1-5-19(6-2)24(30)25-17-13-9-10-16-22-26-20-14-11-12-15-21(20)28(22)18-23(29)27(7-3)8-4/h11-12,14-15,19H,5-10,13,16-18H2,1-4H3,(H,25,30). The quantitative estimate of drug-likeness (QED) is 0.500. The summed E-state index contributed by atoms with van der Waals surface area (Å²) in [6.07, 6.45) is 5.60. The molecule has 0 atom stereocenters. The van der Waals surface area contributed by atoms with Gasteiger partial charge in [0, 0.05) is 32.0 Å². The number of nitrogens with one attached hydrogen (secondary N) is 1. The first-order chi connectivity index (χ1) is 14.5. The predicted octanol–water partition coefficient (Wildman–Crippen LogP) is 4.17. The molecule has 2 rings (SSSR count). The number of rotatable bonds is 13. The Morgan fingerprint density at radius 3 is 2.40 bits per heavy atom. The molecular formula is C24H38N4O2. The SMILES string of the molecule is CCC(CC)C(=O)NCCCCCc1nc2ccccc2n1CC(=O)N(CC)CC. The van der Waals surface area contributed by atoms with Gasteiger partial charge in [0.05, 0.1) is 11.0 Å². The van der Waals surface area contributed by atoms with Gasteiger partial charge < -0.3 is 14.8 Å². The van der Waals surface area contributed by atoms with E-state index in [1.54, 1.807) is 0 Å². The van der Waals surface area contributed by atoms with Gasteiger partial charge in [0.15, 0.2) is 0 Å². The summed E-state index contributed by atoms with van der Waals surface area (Å²) in [5, 5.41) is 3.06. The van der Waals surface area contributed by atoms with Crippen molar-refractivity contribution in [3.8, 4) is 0 Å². The number of hydrogen-bond acceptors (Lipinski definition) is 3. The third-order valence-electron chi connectivity index (χ3n) is 5.88. The summed E-state index contributed by atoms with van der Waals surface area (Å²) >= 11 is 0. The van der Waals surface area contributed by atoms with Crippen molar-refractivity contribution in [3.63, 3.8) is 0 Å². The smallest absolute Gasteiger partial charge is 0.242 e. The fourth-order valence-corrected chi connectivity index (χ4v) is 3.90. The van der Waals surface area contributed by atoms with Crippen molar-refractivity contribution >= 4 is 22.8 Å². The highest BCUT2D eigenvalue weighted by atomic mass is 16.2. The molecule has 1 aromatic carbocycles. The van der Waals surface area contributed by atoms with Crippen LogP contribution in [0, 0.1) is 5.92 Å². The van der Waals surface area contributed by atoms with Crippen LogP contribution in [0.3, 0.4) is 0 Å². The average molecular weight is 415 g/mol. The van der Waals surface area contributed by atoms with E-state index in [4.69, 9.17) is 4.98 Å². The van der Waals surface area contributed by atoms with Gasteiger partial charge in [-0.25, -0.2) is 4.98 Å². The Hall–Kier alpha value is -2.37. The summed E-state index contributed by atoms with van der Waals surface area (Å²) in [5.74, 6) is 1.41. The molecule has 6 nitrogen and oxygen atoms in total. The second-order valence-electron chi connectivity index (χ2n) is 7.78. The molecule has 1 aromatic heterocycles. The molecule has 0 unspecified atom stereocenters. The fraction of sp³-hybridized carbons (Fsp3) is 0.625. The first-order valence-electron chi connectivity index (χ1n) is 11.5. The van der Waals surface area contributed by atoms with Crippen LogP contribution in [0.1, 0.15) is 65.6 Å². The molecule has 166 valence electrons. The monoisotopic (exact) mass is 414 g/mol. The highest BCUT2D eigenvalue weighted by Gasteiger charge is 2.16. The molecule has 1 heterocycles. The summed E-state index contributed by atoms with van der Waals surface area (Å²) in [4.78, 5) is 31.4. The van der Waals surface area contributed by atoms with E-state index in [-0.39, 0.29) is 17.7 Å². The third-order valence-corrected chi connectivity index (χ3v) is 5.88. The van der Waals surface area contributed by atoms with Crippen molar-refractivity contribution in [2.24, 2.45) is 5.92 Å². The molecule has 0 aliphatic heterocycles. The Balaban J connectivity index is 1.92. The Morgan fingerprint density at radius 1 is 1.03 bits per heavy atom. The zero-order valence-electron chi connectivity index (χ0n) is 19.1. The minimum atomic E-state index is 0.133. The topological polar surface area (TPSA) is 67.2 Å². The summed E-state index contributed by atoms with van der Waals surface area (Å²) < 4.78 is 2.07. The Morgan fingerprint density at radius 2 is 1.73 bits per heavy atom. The van der Waals surface area contributed by atoms with Crippen LogP contribution >= 0.6 is 0 Å². The number of benzene rings is 1. The summed E-state index contributed by atoms with van der Waals surface area (Å²) in [7, 11) is 0. The van der Waals surface area contributed by atoms with Gasteiger partial charge in [0.2, 0.25) is 11.8 Å². The number of likely N-dealkylation sites (N-methyl/N-ethyl adjacent to an activating group) is 1. The third kappa shape index (κ3) is 6.31. The number of carbonyl (C=O) groups is 2. The molecule has 0 aliphatic rings. The predicted molar refractivity (Wildman–Crippen MR) is 122 cm³/mol. The highest BCUT2D eigenvalue weighted by molar-refractivity contribution is 5.81. The molecule has 2 amide bonds. The van der Waals surface area contributed by atoms with E-state index in [0.29, 0.717) is 6.54 Å². The number of imidazole rings is 1. The zero-order valence-corrected chi connectivity index (χ0v) is 19.1. The lowest BCUT2D eigenvalue weighted by Gasteiger charge is -2.20. The molecule has 0 saturated heterocycles. The van der Waals surface area contributed by atoms with Gasteiger partial charge in [-0.15, -0.1) is 0 Å². The summed E-state index contributed by atoms with van der Waals surface area (Å²) in [6.45, 7) is 10.7. The molecule has 30 heavy (non-hydrogen) atoms. The first-order valence-corrected chi connectivity index (χ1v) is 11.5. The number of aryl methyl sites for hydroxylation is 1. The van der Waals surface area contributed by atoms with E-state index < -0.39 is 0 Å². The molecular weight excluding hydrogens is 376 g/mol. The van der Waals surface area contributed by atoms with Gasteiger partial charge >= 0.3 is 0 Å². The van der Waals surface area contributed by atoms with Crippen molar-refractivity contribution < 1.29 is 9.59 Å². The van der Waals surface area contributed by atoms with Crippen LogP contribution in [0.5, 0.6) is 0 Å². The molecule has 0 radical (unpaired) electrons. The highest BCUT2D eigenvalue weighted by Crippen LogP contribution is 2.18. The Kier molecular flexibility index (Phi) is 9.84. The van der Waals surface area contributed by atoms with Crippen LogP contribution in [0.25, 0.3) is 11.0 Å². The maximum Gasteiger partial charge on any atom is 0.242 e. The minimum Gasteiger partial charge on any atom is -0.356 e. The normalized spacial score (nSPS) is 11.2. The number of unbranched alkanes of at least 4 members (excludes halogenated alkanes) is 2. The molecule has 0 spiro atoms. The van der Waals surface area contributed by atoms with E-state index >= 15 is 0 Å². The maximum absolute atomic E-state index is 12.7. The van der Waals surface area contributed by atoms with E-state index in [0.717, 1.165) is 75.0 Å². The first kappa shape index (κ1) is 23.9. The van der Waals surface area contributed by atoms with Gasteiger partial charge in [-0.3, -0.25) is 9.59 Å². The van der Waals surface area contributed by atoms with Crippen LogP contribution in [-0.4, -0.2) is 45.9 Å². The number of carbonyl (C=O) groups excluding carboxylic acids is 2. The Bertz CT molecular complexity index is 807. The summed E-state index contributed by atoms with van der Waals surface area (Å²) in [6, 6.07) is 8.02. The van der Waals surface area contributed by atoms with Crippen LogP contribution in [0.4, 0.5) is 0 Å². The van der Waals surface area contributed by atoms with Crippen molar-refractivity contribution in [3.05, 3.63) is 30.1 Å².